The molecule has 0 unspecified atom stereocenters. The standard InChI is InChI=1S/C39H39N3O3S/c1-3-21-45-34-16-15-26(22-35(34)44-4-2)23-36-38(43)41-39(46-36)40-29-24-32-30(27-11-7-5-8-12-27)17-19-42-20-18-31(33(25-29)37(32)42)28-13-9-6-10-14-28/h5-16,22-25,30-31H,3-4,17-21H2,1-2H3,(H,40,41,43)/b36-23-/t30-,31-/m0/s1. The molecule has 0 spiro atoms. The first-order valence-corrected chi connectivity index (χ1v) is 17.1. The van der Waals surface area contributed by atoms with Gasteiger partial charge in [0.05, 0.1) is 23.8 Å². The Kier molecular flexibility index (Phi) is 8.84. The maximum Gasteiger partial charge on any atom is 0.264 e. The van der Waals surface area contributed by atoms with E-state index in [0.717, 1.165) is 43.6 Å². The molecule has 1 fully saturated rings. The van der Waals surface area contributed by atoms with Crippen LogP contribution in [0.3, 0.4) is 0 Å². The SMILES string of the molecule is CCCOc1ccc(/C=C2\SC(=Nc3cc4c5c(c3)[C@H](c3ccccc3)CCN5CC[C@H]4c3ccccc3)NC2=O)cc1OCC. The van der Waals surface area contributed by atoms with Crippen LogP contribution in [0, 0.1) is 0 Å². The van der Waals surface area contributed by atoms with Gasteiger partial charge in [-0.3, -0.25) is 4.79 Å². The Balaban J connectivity index is 1.25. The number of carbonyl (C=O) groups is 1. The smallest absolute Gasteiger partial charge is 0.264 e. The normalized spacial score (nSPS) is 20.5. The van der Waals surface area contributed by atoms with Gasteiger partial charge in [0.2, 0.25) is 0 Å². The number of aliphatic imine (C=N–C) groups is 1. The van der Waals surface area contributed by atoms with E-state index in [1.54, 1.807) is 0 Å². The lowest BCUT2D eigenvalue weighted by Crippen LogP contribution is -2.37. The molecule has 7 heteroatoms. The lowest BCUT2D eigenvalue weighted by molar-refractivity contribution is -0.115. The first-order valence-electron chi connectivity index (χ1n) is 16.3. The Morgan fingerprint density at radius 2 is 1.50 bits per heavy atom. The maximum absolute atomic E-state index is 13.1. The van der Waals surface area contributed by atoms with Gasteiger partial charge < -0.3 is 19.7 Å². The van der Waals surface area contributed by atoms with Crippen molar-refractivity contribution in [3.8, 4) is 11.5 Å². The van der Waals surface area contributed by atoms with Crippen LogP contribution in [0.1, 0.15) is 72.8 Å². The lowest BCUT2D eigenvalue weighted by atomic mass is 9.76. The summed E-state index contributed by atoms with van der Waals surface area (Å²) in [5.74, 6) is 1.84. The molecule has 7 rings (SSSR count). The Morgan fingerprint density at radius 1 is 0.848 bits per heavy atom. The van der Waals surface area contributed by atoms with Crippen LogP contribution in [0.2, 0.25) is 0 Å². The summed E-state index contributed by atoms with van der Waals surface area (Å²) in [6.45, 7) is 7.28. The zero-order valence-corrected chi connectivity index (χ0v) is 27.2. The molecule has 234 valence electrons. The van der Waals surface area contributed by atoms with E-state index in [0.29, 0.717) is 46.6 Å². The molecule has 46 heavy (non-hydrogen) atoms. The molecule has 2 atom stereocenters. The number of nitrogens with one attached hydrogen (secondary N) is 1. The summed E-state index contributed by atoms with van der Waals surface area (Å²) < 4.78 is 11.7. The maximum atomic E-state index is 13.1. The van der Waals surface area contributed by atoms with E-state index in [1.807, 2.05) is 31.2 Å². The van der Waals surface area contributed by atoms with Gasteiger partial charge in [-0.05, 0) is 96.1 Å². The molecule has 0 aliphatic carbocycles. The van der Waals surface area contributed by atoms with E-state index in [9.17, 15) is 4.79 Å². The highest BCUT2D eigenvalue weighted by Crippen LogP contribution is 2.50. The molecule has 4 aromatic carbocycles. The average molecular weight is 630 g/mol. The van der Waals surface area contributed by atoms with Crippen molar-refractivity contribution in [1.29, 1.82) is 0 Å². The Morgan fingerprint density at radius 3 is 2.11 bits per heavy atom. The van der Waals surface area contributed by atoms with Gasteiger partial charge in [0.25, 0.3) is 5.91 Å². The predicted octanol–water partition coefficient (Wildman–Crippen LogP) is 8.64. The van der Waals surface area contributed by atoms with Crippen LogP contribution in [0.5, 0.6) is 11.5 Å². The molecule has 3 aliphatic heterocycles. The van der Waals surface area contributed by atoms with Crippen LogP contribution < -0.4 is 19.7 Å². The van der Waals surface area contributed by atoms with Crippen molar-refractivity contribution < 1.29 is 14.3 Å². The fourth-order valence-corrected chi connectivity index (χ4v) is 7.71. The third-order valence-electron chi connectivity index (χ3n) is 8.91. The van der Waals surface area contributed by atoms with Crippen molar-refractivity contribution in [1.82, 2.24) is 5.32 Å². The van der Waals surface area contributed by atoms with Gasteiger partial charge in [-0.2, -0.15) is 0 Å². The molecule has 0 saturated carbocycles. The molecule has 1 saturated heterocycles. The van der Waals surface area contributed by atoms with Gasteiger partial charge in [0, 0.05) is 30.6 Å². The molecule has 3 heterocycles. The van der Waals surface area contributed by atoms with Crippen LogP contribution >= 0.6 is 11.8 Å². The van der Waals surface area contributed by atoms with Gasteiger partial charge in [-0.25, -0.2) is 4.99 Å². The predicted molar refractivity (Wildman–Crippen MR) is 189 cm³/mol. The van der Waals surface area contributed by atoms with Crippen molar-refractivity contribution in [2.24, 2.45) is 4.99 Å². The van der Waals surface area contributed by atoms with Crippen LogP contribution in [-0.2, 0) is 4.79 Å². The molecule has 6 nitrogen and oxygen atoms in total. The summed E-state index contributed by atoms with van der Waals surface area (Å²) in [4.78, 5) is 21.4. The summed E-state index contributed by atoms with van der Waals surface area (Å²) in [6, 6.07) is 32.0. The third-order valence-corrected chi connectivity index (χ3v) is 9.82. The topological polar surface area (TPSA) is 63.2 Å². The second-order valence-electron chi connectivity index (χ2n) is 11.9. The number of anilines is 1. The van der Waals surface area contributed by atoms with Crippen LogP contribution in [0.15, 0.2) is 101 Å². The second-order valence-corrected chi connectivity index (χ2v) is 13.0. The molecule has 1 amide bonds. The number of thioether (sulfide) groups is 1. The van der Waals surface area contributed by atoms with E-state index in [1.165, 1.54) is 39.7 Å². The Bertz CT molecular complexity index is 1710. The van der Waals surface area contributed by atoms with Gasteiger partial charge in [-0.1, -0.05) is 73.7 Å². The fourth-order valence-electron chi connectivity index (χ4n) is 6.87. The van der Waals surface area contributed by atoms with Crippen molar-refractivity contribution in [3.05, 3.63) is 124 Å². The van der Waals surface area contributed by atoms with Crippen LogP contribution in [0.4, 0.5) is 11.4 Å². The number of hydrogen-bond acceptors (Lipinski definition) is 6. The summed E-state index contributed by atoms with van der Waals surface area (Å²) in [5, 5.41) is 3.61. The first kappa shape index (κ1) is 30.2. The van der Waals surface area contributed by atoms with Crippen molar-refractivity contribution in [2.75, 3.05) is 31.2 Å². The molecule has 0 aromatic heterocycles. The minimum Gasteiger partial charge on any atom is -0.490 e. The molecular weight excluding hydrogens is 591 g/mol. The highest BCUT2D eigenvalue weighted by atomic mass is 32.2. The van der Waals surface area contributed by atoms with E-state index >= 15 is 0 Å². The monoisotopic (exact) mass is 629 g/mol. The van der Waals surface area contributed by atoms with Crippen LogP contribution in [0.25, 0.3) is 6.08 Å². The summed E-state index contributed by atoms with van der Waals surface area (Å²) in [6.07, 6.45) is 4.94. The Labute approximate surface area is 275 Å². The number of amides is 1. The number of benzene rings is 4. The van der Waals surface area contributed by atoms with E-state index in [-0.39, 0.29) is 5.91 Å². The van der Waals surface area contributed by atoms with Crippen molar-refractivity contribution in [3.63, 3.8) is 0 Å². The molecule has 1 N–H and O–H groups in total. The van der Waals surface area contributed by atoms with Gasteiger partial charge >= 0.3 is 0 Å². The second kappa shape index (κ2) is 13.5. The third kappa shape index (κ3) is 6.16. The van der Waals surface area contributed by atoms with Gasteiger partial charge in [0.1, 0.15) is 0 Å². The van der Waals surface area contributed by atoms with Crippen molar-refractivity contribution >= 4 is 40.3 Å². The van der Waals surface area contributed by atoms with E-state index in [4.69, 9.17) is 14.5 Å². The van der Waals surface area contributed by atoms with Crippen LogP contribution in [-0.4, -0.2) is 37.4 Å². The molecule has 4 aromatic rings. The molecular formula is C39H39N3O3S. The lowest BCUT2D eigenvalue weighted by Gasteiger charge is -2.43. The summed E-state index contributed by atoms with van der Waals surface area (Å²) in [5.41, 5.74) is 8.44. The number of rotatable bonds is 9. The zero-order chi connectivity index (χ0) is 31.5. The minimum absolute atomic E-state index is 0.150. The van der Waals surface area contributed by atoms with E-state index < -0.39 is 0 Å². The minimum atomic E-state index is -0.150. The molecule has 0 radical (unpaired) electrons. The molecule has 3 aliphatic rings. The first-order chi connectivity index (χ1) is 22.6. The van der Waals surface area contributed by atoms with Gasteiger partial charge in [0.15, 0.2) is 16.7 Å². The number of hydrogen-bond donors (Lipinski definition) is 1. The Hall–Kier alpha value is -4.49. The number of carbonyl (C=O) groups excluding carboxylic acids is 1. The largest absolute Gasteiger partial charge is 0.490 e. The number of amidine groups is 1. The van der Waals surface area contributed by atoms with E-state index in [2.05, 4.69) is 89.9 Å². The highest BCUT2D eigenvalue weighted by Gasteiger charge is 2.35. The zero-order valence-electron chi connectivity index (χ0n) is 26.4. The summed E-state index contributed by atoms with van der Waals surface area (Å²) in [7, 11) is 0. The number of ether oxygens (including phenoxy) is 2. The highest BCUT2D eigenvalue weighted by molar-refractivity contribution is 8.18. The fraction of sp³-hybridized carbons (Fsp3) is 0.282. The quantitative estimate of drug-likeness (QED) is 0.188. The van der Waals surface area contributed by atoms with Gasteiger partial charge in [-0.15, -0.1) is 0 Å². The van der Waals surface area contributed by atoms with Crippen molar-refractivity contribution in [2.45, 2.75) is 44.9 Å². The molecule has 0 bridgehead atoms. The summed E-state index contributed by atoms with van der Waals surface area (Å²) >= 11 is 1.37. The average Bonchev–Trinajstić information content (AvgIpc) is 3.43. The number of nitrogens with zero attached hydrogens (tertiary/aromatic N) is 2.